The summed E-state index contributed by atoms with van der Waals surface area (Å²) in [4.78, 5) is 6.81. The summed E-state index contributed by atoms with van der Waals surface area (Å²) in [5.41, 5.74) is -0.135. The highest BCUT2D eigenvalue weighted by molar-refractivity contribution is 7.91. The summed E-state index contributed by atoms with van der Waals surface area (Å²) in [6, 6.07) is 0. The first-order valence-electron chi connectivity index (χ1n) is 8.51. The highest BCUT2D eigenvalue weighted by Crippen LogP contribution is 2.24. The summed E-state index contributed by atoms with van der Waals surface area (Å²) in [6.07, 6.45) is 2.16. The van der Waals surface area contributed by atoms with Gasteiger partial charge in [-0.1, -0.05) is 0 Å². The molecular formula is C15H30N4O3S. The second-order valence-electron chi connectivity index (χ2n) is 6.52. The number of ether oxygens (including phenoxy) is 1. The minimum absolute atomic E-state index is 0.135. The third-order valence-electron chi connectivity index (χ3n) is 4.37. The van der Waals surface area contributed by atoms with Gasteiger partial charge in [-0.25, -0.2) is 8.42 Å². The molecule has 0 bridgehead atoms. The predicted molar refractivity (Wildman–Crippen MR) is 92.7 cm³/mol. The average molecular weight is 346 g/mol. The molecule has 2 saturated heterocycles. The lowest BCUT2D eigenvalue weighted by Gasteiger charge is -2.27. The van der Waals surface area contributed by atoms with E-state index in [1.54, 1.807) is 0 Å². The monoisotopic (exact) mass is 346 g/mol. The molecule has 0 saturated carbocycles. The van der Waals surface area contributed by atoms with Gasteiger partial charge >= 0.3 is 0 Å². The van der Waals surface area contributed by atoms with Crippen molar-refractivity contribution < 1.29 is 13.2 Å². The van der Waals surface area contributed by atoms with Crippen LogP contribution < -0.4 is 10.6 Å². The predicted octanol–water partition coefficient (Wildman–Crippen LogP) is -0.159. The molecule has 0 aromatic carbocycles. The third-order valence-corrected chi connectivity index (χ3v) is 5.98. The summed E-state index contributed by atoms with van der Waals surface area (Å²) in [5.74, 6) is 1.35. The Labute approximate surface area is 139 Å². The van der Waals surface area contributed by atoms with E-state index in [0.717, 1.165) is 45.0 Å². The summed E-state index contributed by atoms with van der Waals surface area (Å²) in [7, 11) is -2.80. The molecule has 8 heteroatoms. The lowest BCUT2D eigenvalue weighted by Crippen LogP contribution is -2.46. The van der Waals surface area contributed by atoms with Crippen LogP contribution in [0.15, 0.2) is 4.99 Å². The largest absolute Gasteiger partial charge is 0.373 e. The number of nitrogens with one attached hydrogen (secondary N) is 2. The zero-order valence-corrected chi connectivity index (χ0v) is 15.1. The maximum Gasteiger partial charge on any atom is 0.191 e. The molecule has 2 N–H and O–H groups in total. The van der Waals surface area contributed by atoms with E-state index in [4.69, 9.17) is 4.74 Å². The highest BCUT2D eigenvalue weighted by atomic mass is 32.2. The van der Waals surface area contributed by atoms with E-state index in [0.29, 0.717) is 19.6 Å². The first-order chi connectivity index (χ1) is 10.9. The van der Waals surface area contributed by atoms with Crippen molar-refractivity contribution in [1.82, 2.24) is 15.5 Å². The van der Waals surface area contributed by atoms with Gasteiger partial charge < -0.3 is 15.4 Å². The van der Waals surface area contributed by atoms with E-state index in [1.807, 2.05) is 6.92 Å². The van der Waals surface area contributed by atoms with Crippen LogP contribution in [0.1, 0.15) is 26.7 Å². The maximum atomic E-state index is 11.4. The van der Waals surface area contributed by atoms with Crippen molar-refractivity contribution in [2.24, 2.45) is 4.99 Å². The first-order valence-corrected chi connectivity index (χ1v) is 10.3. The normalized spacial score (nSPS) is 28.7. The van der Waals surface area contributed by atoms with Crippen molar-refractivity contribution in [3.8, 4) is 0 Å². The Balaban J connectivity index is 1.74. The van der Waals surface area contributed by atoms with Crippen LogP contribution in [0.5, 0.6) is 0 Å². The molecule has 2 rings (SSSR count). The molecular weight excluding hydrogens is 316 g/mol. The Bertz CT molecular complexity index is 487. The quantitative estimate of drug-likeness (QED) is 0.514. The van der Waals surface area contributed by atoms with E-state index in [9.17, 15) is 8.42 Å². The van der Waals surface area contributed by atoms with Gasteiger partial charge in [0.2, 0.25) is 0 Å². The molecule has 2 heterocycles. The van der Waals surface area contributed by atoms with Gasteiger partial charge in [0, 0.05) is 39.3 Å². The minimum atomic E-state index is -2.80. The third kappa shape index (κ3) is 6.27. The van der Waals surface area contributed by atoms with Gasteiger partial charge in [-0.2, -0.15) is 0 Å². The molecule has 2 aliphatic heterocycles. The second kappa shape index (κ2) is 8.30. The molecule has 1 unspecified atom stereocenters. The molecule has 0 spiro atoms. The van der Waals surface area contributed by atoms with Gasteiger partial charge in [0.25, 0.3) is 0 Å². The minimum Gasteiger partial charge on any atom is -0.373 e. The lowest BCUT2D eigenvalue weighted by atomic mass is 10.0. The van der Waals surface area contributed by atoms with Crippen molar-refractivity contribution in [1.29, 1.82) is 0 Å². The molecule has 2 fully saturated rings. The Morgan fingerprint density at radius 2 is 2.04 bits per heavy atom. The van der Waals surface area contributed by atoms with Crippen LogP contribution in [-0.2, 0) is 14.6 Å². The van der Waals surface area contributed by atoms with E-state index >= 15 is 0 Å². The molecule has 0 amide bonds. The first kappa shape index (κ1) is 18.5. The Morgan fingerprint density at radius 1 is 1.30 bits per heavy atom. The van der Waals surface area contributed by atoms with Crippen molar-refractivity contribution in [2.75, 3.05) is 57.4 Å². The topological polar surface area (TPSA) is 83.0 Å². The van der Waals surface area contributed by atoms with Crippen LogP contribution in [0.25, 0.3) is 0 Å². The summed E-state index contributed by atoms with van der Waals surface area (Å²) >= 11 is 0. The van der Waals surface area contributed by atoms with Crippen molar-refractivity contribution in [3.63, 3.8) is 0 Å². The molecule has 1 atom stereocenters. The highest BCUT2D eigenvalue weighted by Gasteiger charge is 2.29. The smallest absolute Gasteiger partial charge is 0.191 e. The Kier molecular flexibility index (Phi) is 6.67. The van der Waals surface area contributed by atoms with E-state index in [2.05, 4.69) is 27.4 Å². The summed E-state index contributed by atoms with van der Waals surface area (Å²) in [5, 5.41) is 6.57. The number of guanidine groups is 1. The number of aliphatic imine (C=N–C) groups is 1. The Morgan fingerprint density at radius 3 is 2.65 bits per heavy atom. The van der Waals surface area contributed by atoms with E-state index in [1.165, 1.54) is 0 Å². The van der Waals surface area contributed by atoms with E-state index in [-0.39, 0.29) is 17.1 Å². The Hall–Kier alpha value is -0.860. The summed E-state index contributed by atoms with van der Waals surface area (Å²) in [6.45, 7) is 9.29. The van der Waals surface area contributed by atoms with Crippen LogP contribution >= 0.6 is 0 Å². The van der Waals surface area contributed by atoms with Gasteiger partial charge in [0.1, 0.15) is 0 Å². The van der Waals surface area contributed by atoms with Crippen molar-refractivity contribution in [2.45, 2.75) is 32.3 Å². The van der Waals surface area contributed by atoms with Crippen LogP contribution in [0.4, 0.5) is 0 Å². The molecule has 0 aliphatic carbocycles. The molecule has 134 valence electrons. The van der Waals surface area contributed by atoms with Crippen LogP contribution in [0.2, 0.25) is 0 Å². The van der Waals surface area contributed by atoms with Gasteiger partial charge in [0.15, 0.2) is 15.8 Å². The lowest BCUT2D eigenvalue weighted by molar-refractivity contribution is 0.0283. The second-order valence-corrected chi connectivity index (χ2v) is 8.82. The molecule has 0 aromatic heterocycles. The van der Waals surface area contributed by atoms with Gasteiger partial charge in [-0.05, 0) is 26.7 Å². The van der Waals surface area contributed by atoms with Crippen LogP contribution in [0.3, 0.4) is 0 Å². The fourth-order valence-electron chi connectivity index (χ4n) is 2.86. The summed E-state index contributed by atoms with van der Waals surface area (Å²) < 4.78 is 28.6. The fraction of sp³-hybridized carbons (Fsp3) is 0.933. The number of hydrogen-bond donors (Lipinski definition) is 2. The zero-order chi connectivity index (χ0) is 16.8. The maximum absolute atomic E-state index is 11.4. The zero-order valence-electron chi connectivity index (χ0n) is 14.3. The van der Waals surface area contributed by atoms with Crippen molar-refractivity contribution >= 4 is 15.8 Å². The number of sulfone groups is 1. The fourth-order valence-corrected chi connectivity index (χ4v) is 4.13. The SMILES string of the molecule is CCNC(=NCC1(C)CCCO1)NCCN1CCS(=O)(=O)CC1. The van der Waals surface area contributed by atoms with Crippen molar-refractivity contribution in [3.05, 3.63) is 0 Å². The standard InChI is InChI=1S/C15H30N4O3S/c1-3-16-14(18-13-15(2)5-4-10-22-15)17-6-7-19-8-11-23(20,21)12-9-19/h3-13H2,1-2H3,(H2,16,17,18). The molecule has 7 nitrogen and oxygen atoms in total. The number of nitrogens with zero attached hydrogens (tertiary/aromatic N) is 2. The van der Waals surface area contributed by atoms with Gasteiger partial charge in [-0.15, -0.1) is 0 Å². The molecule has 0 aromatic rings. The van der Waals surface area contributed by atoms with Gasteiger partial charge in [-0.3, -0.25) is 9.89 Å². The average Bonchev–Trinajstić information content (AvgIpc) is 2.94. The number of hydrogen-bond acceptors (Lipinski definition) is 5. The van der Waals surface area contributed by atoms with E-state index < -0.39 is 9.84 Å². The molecule has 23 heavy (non-hydrogen) atoms. The molecule has 2 aliphatic rings. The van der Waals surface area contributed by atoms with Gasteiger partial charge in [0.05, 0.1) is 23.7 Å². The molecule has 0 radical (unpaired) electrons. The van der Waals surface area contributed by atoms with Crippen LogP contribution in [0, 0.1) is 0 Å². The van der Waals surface area contributed by atoms with Crippen LogP contribution in [-0.4, -0.2) is 82.3 Å². The number of rotatable bonds is 6.